The van der Waals surface area contributed by atoms with Crippen LogP contribution in [0.1, 0.15) is 18.5 Å². The van der Waals surface area contributed by atoms with Gasteiger partial charge in [-0.25, -0.2) is 15.0 Å². The average Bonchev–Trinajstić information content (AvgIpc) is 3.66. The highest BCUT2D eigenvalue weighted by atomic mass is 16.5. The number of rotatable bonds is 5. The molecule has 1 aromatic carbocycles. The number of ether oxygens (including phenoxy) is 1. The minimum Gasteiger partial charge on any atom is -0.489 e. The van der Waals surface area contributed by atoms with E-state index in [1.54, 1.807) is 18.7 Å². The van der Waals surface area contributed by atoms with Crippen molar-refractivity contribution in [1.29, 1.82) is 0 Å². The number of pyridine rings is 2. The molecule has 5 aromatic heterocycles. The first kappa shape index (κ1) is 21.7. The van der Waals surface area contributed by atoms with E-state index in [1.165, 1.54) is 0 Å². The van der Waals surface area contributed by atoms with E-state index in [1.807, 2.05) is 36.0 Å². The number of fused-ring (bicyclic) bond motifs is 2. The van der Waals surface area contributed by atoms with Gasteiger partial charge in [0, 0.05) is 29.5 Å². The van der Waals surface area contributed by atoms with E-state index in [9.17, 15) is 0 Å². The Morgan fingerprint density at radius 2 is 1.95 bits per heavy atom. The van der Waals surface area contributed by atoms with Crippen LogP contribution in [0, 0.1) is 6.92 Å². The summed E-state index contributed by atoms with van der Waals surface area (Å²) < 4.78 is 8.18. The molecular weight excluding hydrogens is 466 g/mol. The normalized spacial score (nSPS) is 14.5. The maximum atomic E-state index is 6.22. The summed E-state index contributed by atoms with van der Waals surface area (Å²) in [5.41, 5.74) is 7.00. The van der Waals surface area contributed by atoms with Crippen molar-refractivity contribution in [3.63, 3.8) is 0 Å². The lowest BCUT2D eigenvalue weighted by Gasteiger charge is -2.23. The number of imidazole rings is 2. The molecule has 1 aliphatic rings. The topological polar surface area (TPSA) is 122 Å². The van der Waals surface area contributed by atoms with E-state index < -0.39 is 0 Å². The lowest BCUT2D eigenvalue weighted by atomic mass is 10.0. The second-order valence-corrected chi connectivity index (χ2v) is 9.35. The van der Waals surface area contributed by atoms with Gasteiger partial charge in [0.15, 0.2) is 11.5 Å². The van der Waals surface area contributed by atoms with E-state index in [2.05, 4.69) is 53.6 Å². The Balaban J connectivity index is 1.26. The summed E-state index contributed by atoms with van der Waals surface area (Å²) in [6.45, 7) is 3.93. The standard InChI is InChI=1S/C27H25N9O/c1-16-14-36(15-31-16)23-6-9-30-26-25(23)32-27(33-26)24-21-11-17(2-3-22(21)34-35-24)18-10-20(13-29-12-18)37-19-4-7-28-8-5-19/h2-3,6,9-15,19,28H,4-5,7-8H2,1H3,(H,34,35)(H,30,32,33). The zero-order valence-corrected chi connectivity index (χ0v) is 20.3. The summed E-state index contributed by atoms with van der Waals surface area (Å²) in [7, 11) is 0. The summed E-state index contributed by atoms with van der Waals surface area (Å²) in [6.07, 6.45) is 11.4. The zero-order chi connectivity index (χ0) is 24.8. The number of aryl methyl sites for hydroxylation is 1. The largest absolute Gasteiger partial charge is 0.489 e. The third kappa shape index (κ3) is 4.01. The highest BCUT2D eigenvalue weighted by molar-refractivity contribution is 5.96. The summed E-state index contributed by atoms with van der Waals surface area (Å²) in [6, 6.07) is 10.2. The second kappa shape index (κ2) is 8.82. The van der Waals surface area contributed by atoms with Gasteiger partial charge >= 0.3 is 0 Å². The predicted octanol–water partition coefficient (Wildman–Crippen LogP) is 4.19. The second-order valence-electron chi connectivity index (χ2n) is 9.35. The van der Waals surface area contributed by atoms with Gasteiger partial charge in [-0.3, -0.25) is 10.1 Å². The third-order valence-electron chi connectivity index (χ3n) is 6.78. The Hall–Kier alpha value is -4.57. The molecule has 6 heterocycles. The molecule has 7 rings (SSSR count). The maximum Gasteiger partial charge on any atom is 0.180 e. The van der Waals surface area contributed by atoms with Crippen LogP contribution in [0.4, 0.5) is 0 Å². The van der Waals surface area contributed by atoms with Crippen molar-refractivity contribution in [2.75, 3.05) is 13.1 Å². The molecule has 6 aromatic rings. The number of nitrogens with zero attached hydrogens (tertiary/aromatic N) is 6. The van der Waals surface area contributed by atoms with E-state index in [0.717, 1.165) is 76.3 Å². The molecule has 3 N–H and O–H groups in total. The van der Waals surface area contributed by atoms with Crippen molar-refractivity contribution in [1.82, 2.24) is 45.0 Å². The first-order valence-electron chi connectivity index (χ1n) is 12.4. The number of hydrogen-bond acceptors (Lipinski definition) is 7. The molecule has 0 radical (unpaired) electrons. The molecule has 184 valence electrons. The monoisotopic (exact) mass is 491 g/mol. The molecule has 0 unspecified atom stereocenters. The average molecular weight is 492 g/mol. The van der Waals surface area contributed by atoms with Crippen LogP contribution < -0.4 is 10.1 Å². The van der Waals surface area contributed by atoms with Gasteiger partial charge in [0.25, 0.3) is 0 Å². The highest BCUT2D eigenvalue weighted by Gasteiger charge is 2.18. The van der Waals surface area contributed by atoms with Crippen LogP contribution in [-0.4, -0.2) is 58.9 Å². The van der Waals surface area contributed by atoms with Crippen molar-refractivity contribution in [2.45, 2.75) is 25.9 Å². The Morgan fingerprint density at radius 3 is 2.81 bits per heavy atom. The van der Waals surface area contributed by atoms with Crippen molar-refractivity contribution >= 4 is 22.1 Å². The molecule has 0 atom stereocenters. The molecule has 10 nitrogen and oxygen atoms in total. The predicted molar refractivity (Wildman–Crippen MR) is 141 cm³/mol. The number of benzene rings is 1. The Morgan fingerprint density at radius 1 is 1.03 bits per heavy atom. The van der Waals surface area contributed by atoms with E-state index >= 15 is 0 Å². The number of piperidine rings is 1. The smallest absolute Gasteiger partial charge is 0.180 e. The van der Waals surface area contributed by atoms with Crippen LogP contribution in [0.15, 0.2) is 61.4 Å². The van der Waals surface area contributed by atoms with Gasteiger partial charge in [-0.15, -0.1) is 0 Å². The number of aromatic nitrogens is 8. The van der Waals surface area contributed by atoms with Crippen LogP contribution in [-0.2, 0) is 0 Å². The van der Waals surface area contributed by atoms with Gasteiger partial charge in [-0.1, -0.05) is 6.07 Å². The fourth-order valence-corrected chi connectivity index (χ4v) is 4.90. The number of hydrogen-bond donors (Lipinski definition) is 3. The Kier molecular flexibility index (Phi) is 5.17. The minimum absolute atomic E-state index is 0.221. The van der Waals surface area contributed by atoms with Gasteiger partial charge in [-0.05, 0) is 62.7 Å². The summed E-state index contributed by atoms with van der Waals surface area (Å²) >= 11 is 0. The molecule has 0 amide bonds. The molecule has 1 fully saturated rings. The molecule has 0 aliphatic carbocycles. The molecule has 37 heavy (non-hydrogen) atoms. The fraction of sp³-hybridized carbons (Fsp3) is 0.222. The Labute approximate surface area is 212 Å². The third-order valence-corrected chi connectivity index (χ3v) is 6.78. The van der Waals surface area contributed by atoms with Crippen LogP contribution in [0.2, 0.25) is 0 Å². The number of nitrogens with one attached hydrogen (secondary N) is 3. The summed E-state index contributed by atoms with van der Waals surface area (Å²) in [5.74, 6) is 1.44. The molecule has 0 saturated carbocycles. The van der Waals surface area contributed by atoms with Gasteiger partial charge < -0.3 is 19.6 Å². The van der Waals surface area contributed by atoms with E-state index in [4.69, 9.17) is 9.72 Å². The van der Waals surface area contributed by atoms with Crippen molar-refractivity contribution in [3.8, 4) is 34.1 Å². The minimum atomic E-state index is 0.221. The lowest BCUT2D eigenvalue weighted by Crippen LogP contribution is -2.34. The number of aromatic amines is 2. The highest BCUT2D eigenvalue weighted by Crippen LogP contribution is 2.32. The van der Waals surface area contributed by atoms with Crippen molar-refractivity contribution < 1.29 is 4.74 Å². The molecule has 0 spiro atoms. The first-order chi connectivity index (χ1) is 18.2. The van der Waals surface area contributed by atoms with Crippen LogP contribution in [0.5, 0.6) is 5.75 Å². The van der Waals surface area contributed by atoms with Gasteiger partial charge in [0.2, 0.25) is 0 Å². The Bertz CT molecular complexity index is 1720. The quantitative estimate of drug-likeness (QED) is 0.331. The van der Waals surface area contributed by atoms with Gasteiger partial charge in [0.1, 0.15) is 23.1 Å². The summed E-state index contributed by atoms with van der Waals surface area (Å²) in [5, 5.41) is 12.0. The van der Waals surface area contributed by atoms with Crippen molar-refractivity contribution in [2.24, 2.45) is 0 Å². The fourth-order valence-electron chi connectivity index (χ4n) is 4.90. The molecule has 10 heteroatoms. The molecule has 0 bridgehead atoms. The summed E-state index contributed by atoms with van der Waals surface area (Å²) in [4.78, 5) is 21.5. The SMILES string of the molecule is Cc1cn(-c2ccnc3nc(-c4n[nH]c5ccc(-c6cncc(OC7CCNCC7)c6)cc45)[nH]c23)cn1. The molecule has 1 aliphatic heterocycles. The first-order valence-corrected chi connectivity index (χ1v) is 12.4. The molecular formula is C27H25N9O. The van der Waals surface area contributed by atoms with Crippen molar-refractivity contribution in [3.05, 3.63) is 67.1 Å². The van der Waals surface area contributed by atoms with Gasteiger partial charge in [0.05, 0.1) is 29.4 Å². The van der Waals surface area contributed by atoms with Crippen LogP contribution in [0.3, 0.4) is 0 Å². The van der Waals surface area contributed by atoms with Gasteiger partial charge in [-0.2, -0.15) is 5.10 Å². The van der Waals surface area contributed by atoms with E-state index in [-0.39, 0.29) is 6.10 Å². The van der Waals surface area contributed by atoms with Crippen LogP contribution in [0.25, 0.3) is 50.4 Å². The van der Waals surface area contributed by atoms with Crippen LogP contribution >= 0.6 is 0 Å². The maximum absolute atomic E-state index is 6.22. The lowest BCUT2D eigenvalue weighted by molar-refractivity contribution is 0.162. The number of H-pyrrole nitrogens is 2. The zero-order valence-electron chi connectivity index (χ0n) is 20.3. The van der Waals surface area contributed by atoms with E-state index in [0.29, 0.717) is 11.5 Å². The molecule has 1 saturated heterocycles.